The molecule has 0 radical (unpaired) electrons. The van der Waals surface area contributed by atoms with Gasteiger partial charge in [0, 0.05) is 5.56 Å². The summed E-state index contributed by atoms with van der Waals surface area (Å²) in [6, 6.07) is 3.30. The molecule has 0 amide bonds. The van der Waals surface area contributed by atoms with Crippen molar-refractivity contribution in [2.24, 2.45) is 4.99 Å². The molecule has 1 aromatic rings. The van der Waals surface area contributed by atoms with E-state index in [1.165, 1.54) is 13.2 Å². The highest BCUT2D eigenvalue weighted by Crippen LogP contribution is 2.25. The van der Waals surface area contributed by atoms with Gasteiger partial charge in [-0.1, -0.05) is 12.1 Å². The van der Waals surface area contributed by atoms with Crippen LogP contribution in [0.15, 0.2) is 17.1 Å². The lowest BCUT2D eigenvalue weighted by Crippen LogP contribution is -1.96. The molecule has 0 heterocycles. The minimum atomic E-state index is -0.411. The van der Waals surface area contributed by atoms with Gasteiger partial charge in [-0.3, -0.25) is 0 Å². The second-order valence-electron chi connectivity index (χ2n) is 2.80. The van der Waals surface area contributed by atoms with Crippen molar-refractivity contribution in [1.82, 2.24) is 0 Å². The number of ether oxygens (including phenoxy) is 1. The topological polar surface area (TPSA) is 38.7 Å². The quantitative estimate of drug-likeness (QED) is 0.546. The molecule has 0 aliphatic rings. The lowest BCUT2D eigenvalue weighted by Gasteiger charge is -2.08. The first-order chi connectivity index (χ1) is 6.70. The van der Waals surface area contributed by atoms with Gasteiger partial charge in [0.1, 0.15) is 0 Å². The number of methoxy groups -OCH3 is 1. The highest BCUT2D eigenvalue weighted by molar-refractivity contribution is 5.41. The van der Waals surface area contributed by atoms with Gasteiger partial charge in [0.15, 0.2) is 11.6 Å². The van der Waals surface area contributed by atoms with E-state index in [0.29, 0.717) is 11.1 Å². The Morgan fingerprint density at radius 3 is 2.86 bits per heavy atom. The minimum absolute atomic E-state index is 0.0872. The van der Waals surface area contributed by atoms with E-state index >= 15 is 0 Å². The van der Waals surface area contributed by atoms with Crippen LogP contribution in [-0.4, -0.2) is 13.2 Å². The van der Waals surface area contributed by atoms with Gasteiger partial charge in [-0.25, -0.2) is 14.2 Å². The summed E-state index contributed by atoms with van der Waals surface area (Å²) in [5.74, 6) is -0.268. The molecule has 0 unspecified atom stereocenters. The minimum Gasteiger partial charge on any atom is -0.493 e. The number of aryl methyl sites for hydroxylation is 1. The standard InChI is InChI=1S/C10H10FNO2/c1-7-3-4-8(5-12-6-13)10(14-2)9(7)11/h3-4H,5H2,1-2H3. The molecule has 0 N–H and O–H groups in total. The lowest BCUT2D eigenvalue weighted by molar-refractivity contribution is 0.380. The van der Waals surface area contributed by atoms with Crippen LogP contribution in [-0.2, 0) is 11.3 Å². The molecule has 0 fully saturated rings. The molecule has 0 atom stereocenters. The summed E-state index contributed by atoms with van der Waals surface area (Å²) in [6.07, 6.45) is 1.40. The molecule has 0 spiro atoms. The predicted molar refractivity (Wildman–Crippen MR) is 49.5 cm³/mol. The van der Waals surface area contributed by atoms with Crippen LogP contribution in [0, 0.1) is 12.7 Å². The molecule has 0 saturated heterocycles. The van der Waals surface area contributed by atoms with Crippen LogP contribution in [0.5, 0.6) is 5.75 Å². The van der Waals surface area contributed by atoms with E-state index in [0.717, 1.165) is 0 Å². The van der Waals surface area contributed by atoms with Crippen LogP contribution in [0.25, 0.3) is 0 Å². The average molecular weight is 195 g/mol. The fourth-order valence-corrected chi connectivity index (χ4v) is 1.16. The third-order valence-corrected chi connectivity index (χ3v) is 1.89. The van der Waals surface area contributed by atoms with Crippen molar-refractivity contribution in [2.75, 3.05) is 7.11 Å². The molecule has 0 bridgehead atoms. The monoisotopic (exact) mass is 195 g/mol. The summed E-state index contributed by atoms with van der Waals surface area (Å²) in [6.45, 7) is 1.73. The molecule has 0 aliphatic carbocycles. The fraction of sp³-hybridized carbons (Fsp3) is 0.300. The number of rotatable bonds is 3. The first-order valence-electron chi connectivity index (χ1n) is 4.06. The Labute approximate surface area is 81.2 Å². The van der Waals surface area contributed by atoms with Crippen molar-refractivity contribution in [1.29, 1.82) is 0 Å². The number of carbonyl (C=O) groups excluding carboxylic acids is 1. The van der Waals surface area contributed by atoms with Crippen molar-refractivity contribution >= 4 is 6.08 Å². The molecule has 1 aromatic carbocycles. The molecule has 0 aromatic heterocycles. The van der Waals surface area contributed by atoms with E-state index in [-0.39, 0.29) is 12.3 Å². The Kier molecular flexibility index (Phi) is 3.37. The molecule has 3 nitrogen and oxygen atoms in total. The number of aliphatic imine (C=N–C) groups is 1. The smallest absolute Gasteiger partial charge is 0.235 e. The van der Waals surface area contributed by atoms with Gasteiger partial charge < -0.3 is 4.74 Å². The number of nitrogens with zero attached hydrogens (tertiary/aromatic N) is 1. The largest absolute Gasteiger partial charge is 0.493 e. The molecule has 4 heteroatoms. The number of benzene rings is 1. The Morgan fingerprint density at radius 2 is 2.29 bits per heavy atom. The molecular weight excluding hydrogens is 185 g/mol. The van der Waals surface area contributed by atoms with E-state index in [4.69, 9.17) is 4.74 Å². The van der Waals surface area contributed by atoms with Crippen LogP contribution in [0.1, 0.15) is 11.1 Å². The summed E-state index contributed by atoms with van der Waals surface area (Å²) in [7, 11) is 1.38. The SMILES string of the molecule is COc1c(CN=C=O)ccc(C)c1F. The third kappa shape index (κ3) is 1.98. The van der Waals surface area contributed by atoms with Crippen molar-refractivity contribution in [3.05, 3.63) is 29.1 Å². The summed E-state index contributed by atoms with van der Waals surface area (Å²) < 4.78 is 18.3. The second kappa shape index (κ2) is 4.53. The first kappa shape index (κ1) is 10.4. The molecule has 14 heavy (non-hydrogen) atoms. The fourth-order valence-electron chi connectivity index (χ4n) is 1.16. The van der Waals surface area contributed by atoms with Crippen molar-refractivity contribution in [3.63, 3.8) is 0 Å². The Hall–Kier alpha value is -1.67. The zero-order chi connectivity index (χ0) is 10.6. The zero-order valence-electron chi connectivity index (χ0n) is 8.00. The molecule has 0 saturated carbocycles. The van der Waals surface area contributed by atoms with Gasteiger partial charge in [0.2, 0.25) is 6.08 Å². The Balaban J connectivity index is 3.16. The maximum absolute atomic E-state index is 13.4. The summed E-state index contributed by atoms with van der Waals surface area (Å²) >= 11 is 0. The highest BCUT2D eigenvalue weighted by atomic mass is 19.1. The Bertz CT molecular complexity index is 384. The maximum atomic E-state index is 13.4. The number of halogens is 1. The van der Waals surface area contributed by atoms with E-state index in [9.17, 15) is 9.18 Å². The van der Waals surface area contributed by atoms with Crippen molar-refractivity contribution < 1.29 is 13.9 Å². The van der Waals surface area contributed by atoms with Crippen LogP contribution < -0.4 is 4.74 Å². The lowest BCUT2D eigenvalue weighted by atomic mass is 10.1. The summed E-state index contributed by atoms with van der Waals surface area (Å²) in [4.78, 5) is 13.3. The summed E-state index contributed by atoms with van der Waals surface area (Å²) in [5.41, 5.74) is 1.04. The van der Waals surface area contributed by atoms with Gasteiger partial charge in [0.05, 0.1) is 13.7 Å². The van der Waals surface area contributed by atoms with Crippen LogP contribution in [0.3, 0.4) is 0 Å². The first-order valence-corrected chi connectivity index (χ1v) is 4.06. The normalized spacial score (nSPS) is 9.36. The van der Waals surface area contributed by atoms with Gasteiger partial charge in [-0.2, -0.15) is 0 Å². The third-order valence-electron chi connectivity index (χ3n) is 1.89. The van der Waals surface area contributed by atoms with Gasteiger partial charge in [-0.15, -0.1) is 0 Å². The van der Waals surface area contributed by atoms with E-state index in [2.05, 4.69) is 4.99 Å². The predicted octanol–water partition coefficient (Wildman–Crippen LogP) is 1.98. The molecule has 1 rings (SSSR count). The Morgan fingerprint density at radius 1 is 1.57 bits per heavy atom. The molecule has 74 valence electrons. The van der Waals surface area contributed by atoms with Crippen molar-refractivity contribution in [2.45, 2.75) is 13.5 Å². The zero-order valence-corrected chi connectivity index (χ0v) is 8.00. The summed E-state index contributed by atoms with van der Waals surface area (Å²) in [5, 5.41) is 0. The van der Waals surface area contributed by atoms with Crippen molar-refractivity contribution in [3.8, 4) is 5.75 Å². The highest BCUT2D eigenvalue weighted by Gasteiger charge is 2.10. The number of hydrogen-bond donors (Lipinski definition) is 0. The maximum Gasteiger partial charge on any atom is 0.235 e. The molecular formula is C10H10FNO2. The van der Waals surface area contributed by atoms with Gasteiger partial charge >= 0.3 is 0 Å². The van der Waals surface area contributed by atoms with E-state index < -0.39 is 5.82 Å². The van der Waals surface area contributed by atoms with Gasteiger partial charge in [-0.05, 0) is 12.5 Å². The average Bonchev–Trinajstić information content (AvgIpc) is 2.20. The van der Waals surface area contributed by atoms with E-state index in [1.807, 2.05) is 0 Å². The van der Waals surface area contributed by atoms with E-state index in [1.54, 1.807) is 19.1 Å². The van der Waals surface area contributed by atoms with Gasteiger partial charge in [0.25, 0.3) is 0 Å². The number of hydrogen-bond acceptors (Lipinski definition) is 3. The van der Waals surface area contributed by atoms with Crippen LogP contribution in [0.4, 0.5) is 4.39 Å². The second-order valence-corrected chi connectivity index (χ2v) is 2.80. The number of isocyanates is 1. The van der Waals surface area contributed by atoms with Crippen LogP contribution in [0.2, 0.25) is 0 Å². The molecule has 0 aliphatic heterocycles. The van der Waals surface area contributed by atoms with Crippen LogP contribution >= 0.6 is 0 Å².